The molecule has 0 amide bonds. The Morgan fingerprint density at radius 1 is 1.24 bits per heavy atom. The van der Waals surface area contributed by atoms with Gasteiger partial charge in [0.2, 0.25) is 0 Å². The second-order valence-corrected chi connectivity index (χ2v) is 7.64. The van der Waals surface area contributed by atoms with Gasteiger partial charge in [-0.15, -0.1) is 24.0 Å². The van der Waals surface area contributed by atoms with Gasteiger partial charge in [-0.1, -0.05) is 24.3 Å². The maximum atomic E-state index is 6.14. The first kappa shape index (κ1) is 17.3. The molecular formula is C15H22IN3S2. The van der Waals surface area contributed by atoms with Gasteiger partial charge in [0, 0.05) is 29.8 Å². The molecule has 1 saturated heterocycles. The van der Waals surface area contributed by atoms with E-state index in [1.165, 1.54) is 23.3 Å². The fourth-order valence-corrected chi connectivity index (χ4v) is 4.81. The van der Waals surface area contributed by atoms with E-state index in [1.54, 1.807) is 0 Å². The smallest absolute Gasteiger partial charge is 0.191 e. The summed E-state index contributed by atoms with van der Waals surface area (Å²) in [4.78, 5) is 6.88. The van der Waals surface area contributed by atoms with Crippen LogP contribution in [0.4, 0.5) is 0 Å². The van der Waals surface area contributed by atoms with E-state index in [0.29, 0.717) is 5.25 Å². The molecule has 0 aromatic heterocycles. The third-order valence-electron chi connectivity index (χ3n) is 3.85. The maximum Gasteiger partial charge on any atom is 0.191 e. The van der Waals surface area contributed by atoms with Crippen LogP contribution in [-0.4, -0.2) is 47.8 Å². The summed E-state index contributed by atoms with van der Waals surface area (Å²) in [6, 6.07) is 8.76. The number of nitrogens with two attached hydrogens (primary N) is 1. The standard InChI is InChI=1S/C15H21N3S2.HI/c16-15(18-6-9-19-10-7-18)17-11-14-13-4-2-1-3-12(13)5-8-20-14;/h1-4,14H,5-11H2,(H2,16,17);1H. The highest BCUT2D eigenvalue weighted by Gasteiger charge is 2.20. The summed E-state index contributed by atoms with van der Waals surface area (Å²) in [5.74, 6) is 4.25. The molecule has 3 rings (SSSR count). The van der Waals surface area contributed by atoms with Gasteiger partial charge < -0.3 is 10.6 Å². The van der Waals surface area contributed by atoms with Gasteiger partial charge in [-0.05, 0) is 23.3 Å². The molecule has 6 heteroatoms. The molecule has 1 unspecified atom stereocenters. The van der Waals surface area contributed by atoms with E-state index < -0.39 is 0 Å². The van der Waals surface area contributed by atoms with Gasteiger partial charge in [-0.3, -0.25) is 4.99 Å². The number of fused-ring (bicyclic) bond motifs is 1. The molecule has 1 atom stereocenters. The lowest BCUT2D eigenvalue weighted by Crippen LogP contribution is -2.42. The van der Waals surface area contributed by atoms with Crippen LogP contribution < -0.4 is 5.73 Å². The lowest BCUT2D eigenvalue weighted by atomic mass is 10.0. The quantitative estimate of drug-likeness (QED) is 0.441. The zero-order chi connectivity index (χ0) is 13.8. The molecule has 2 N–H and O–H groups in total. The lowest BCUT2D eigenvalue weighted by Gasteiger charge is -2.28. The van der Waals surface area contributed by atoms with Crippen LogP contribution >= 0.6 is 47.5 Å². The summed E-state index contributed by atoms with van der Waals surface area (Å²) in [5, 5.41) is 0.470. The molecule has 2 heterocycles. The van der Waals surface area contributed by atoms with E-state index >= 15 is 0 Å². The first-order valence-electron chi connectivity index (χ1n) is 7.16. The molecule has 116 valence electrons. The fourth-order valence-electron chi connectivity index (χ4n) is 2.70. The van der Waals surface area contributed by atoms with Gasteiger partial charge in [-0.25, -0.2) is 0 Å². The van der Waals surface area contributed by atoms with Crippen molar-refractivity contribution >= 4 is 53.5 Å². The summed E-state index contributed by atoms with van der Waals surface area (Å²) >= 11 is 4.01. The van der Waals surface area contributed by atoms with Crippen molar-refractivity contribution in [2.24, 2.45) is 10.7 Å². The number of guanidine groups is 1. The topological polar surface area (TPSA) is 41.6 Å². The highest BCUT2D eigenvalue weighted by Crippen LogP contribution is 2.36. The van der Waals surface area contributed by atoms with Crippen LogP contribution in [0.5, 0.6) is 0 Å². The van der Waals surface area contributed by atoms with Crippen molar-refractivity contribution in [3.63, 3.8) is 0 Å². The minimum absolute atomic E-state index is 0. The van der Waals surface area contributed by atoms with Gasteiger partial charge in [0.05, 0.1) is 6.54 Å². The average molecular weight is 435 g/mol. The van der Waals surface area contributed by atoms with Crippen LogP contribution in [0.25, 0.3) is 0 Å². The molecule has 0 spiro atoms. The van der Waals surface area contributed by atoms with E-state index in [-0.39, 0.29) is 24.0 Å². The molecule has 21 heavy (non-hydrogen) atoms. The molecular weight excluding hydrogens is 413 g/mol. The number of thioether (sulfide) groups is 2. The minimum Gasteiger partial charge on any atom is -0.370 e. The van der Waals surface area contributed by atoms with Gasteiger partial charge in [-0.2, -0.15) is 23.5 Å². The Bertz CT molecular complexity index is 490. The molecule has 2 aliphatic rings. The second kappa shape index (κ2) is 8.53. The van der Waals surface area contributed by atoms with Crippen molar-refractivity contribution < 1.29 is 0 Å². The minimum atomic E-state index is 0. The average Bonchev–Trinajstić information content (AvgIpc) is 2.53. The SMILES string of the molecule is I.NC(=NCC1SCCc2ccccc21)N1CCSCC1. The molecule has 0 aliphatic carbocycles. The van der Waals surface area contributed by atoms with Crippen molar-refractivity contribution in [2.75, 3.05) is 36.9 Å². The number of hydrogen-bond donors (Lipinski definition) is 1. The van der Waals surface area contributed by atoms with Gasteiger partial charge in [0.15, 0.2) is 5.96 Å². The molecule has 0 radical (unpaired) electrons. The van der Waals surface area contributed by atoms with Gasteiger partial charge >= 0.3 is 0 Å². The Morgan fingerprint density at radius 2 is 2.00 bits per heavy atom. The van der Waals surface area contributed by atoms with Crippen molar-refractivity contribution in [3.8, 4) is 0 Å². The van der Waals surface area contributed by atoms with Crippen molar-refractivity contribution in [2.45, 2.75) is 11.7 Å². The Hall–Kier alpha value is -0.0800. The zero-order valence-electron chi connectivity index (χ0n) is 12.0. The molecule has 1 fully saturated rings. The normalized spacial score (nSPS) is 22.4. The number of aliphatic imine (C=N–C) groups is 1. The Kier molecular flexibility index (Phi) is 7.01. The molecule has 0 saturated carbocycles. The van der Waals surface area contributed by atoms with Crippen molar-refractivity contribution in [1.82, 2.24) is 4.90 Å². The third-order valence-corrected chi connectivity index (χ3v) is 6.03. The maximum absolute atomic E-state index is 6.14. The zero-order valence-corrected chi connectivity index (χ0v) is 16.0. The predicted octanol–water partition coefficient (Wildman–Crippen LogP) is 3.00. The number of nitrogens with zero attached hydrogens (tertiary/aromatic N) is 2. The summed E-state index contributed by atoms with van der Waals surface area (Å²) in [6.45, 7) is 2.87. The van der Waals surface area contributed by atoms with Crippen LogP contribution in [0.3, 0.4) is 0 Å². The Labute approximate surface area is 152 Å². The highest BCUT2D eigenvalue weighted by atomic mass is 127. The van der Waals surface area contributed by atoms with Crippen molar-refractivity contribution in [3.05, 3.63) is 35.4 Å². The first-order chi connectivity index (χ1) is 9.84. The van der Waals surface area contributed by atoms with Crippen LogP contribution in [0.15, 0.2) is 29.3 Å². The summed E-state index contributed by atoms with van der Waals surface area (Å²) in [5.41, 5.74) is 9.08. The van der Waals surface area contributed by atoms with Crippen LogP contribution in [-0.2, 0) is 6.42 Å². The Morgan fingerprint density at radius 3 is 2.81 bits per heavy atom. The largest absolute Gasteiger partial charge is 0.370 e. The third kappa shape index (κ3) is 4.45. The van der Waals surface area contributed by atoms with Gasteiger partial charge in [0.1, 0.15) is 0 Å². The lowest BCUT2D eigenvalue weighted by molar-refractivity contribution is 0.456. The first-order valence-corrected chi connectivity index (χ1v) is 9.37. The molecule has 2 aliphatic heterocycles. The van der Waals surface area contributed by atoms with Crippen LogP contribution in [0.1, 0.15) is 16.4 Å². The van der Waals surface area contributed by atoms with E-state index in [9.17, 15) is 0 Å². The monoisotopic (exact) mass is 435 g/mol. The second-order valence-electron chi connectivity index (χ2n) is 5.11. The predicted molar refractivity (Wildman–Crippen MR) is 106 cm³/mol. The van der Waals surface area contributed by atoms with Gasteiger partial charge in [0.25, 0.3) is 0 Å². The number of aryl methyl sites for hydroxylation is 1. The van der Waals surface area contributed by atoms with Crippen molar-refractivity contribution in [1.29, 1.82) is 0 Å². The molecule has 3 nitrogen and oxygen atoms in total. The molecule has 0 bridgehead atoms. The summed E-state index contributed by atoms with van der Waals surface area (Å²) in [6.07, 6.45) is 1.18. The Balaban J connectivity index is 0.00000161. The number of rotatable bonds is 2. The molecule has 1 aromatic rings. The van der Waals surface area contributed by atoms with E-state index in [1.807, 2.05) is 23.5 Å². The number of halogens is 1. The number of benzene rings is 1. The molecule has 1 aromatic carbocycles. The van der Waals surface area contributed by atoms with E-state index in [4.69, 9.17) is 5.73 Å². The fraction of sp³-hybridized carbons (Fsp3) is 0.533. The van der Waals surface area contributed by atoms with E-state index in [2.05, 4.69) is 34.2 Å². The summed E-state index contributed by atoms with van der Waals surface area (Å²) < 4.78 is 0. The van der Waals surface area contributed by atoms with E-state index in [0.717, 1.165) is 37.1 Å². The van der Waals surface area contributed by atoms with Crippen LogP contribution in [0.2, 0.25) is 0 Å². The summed E-state index contributed by atoms with van der Waals surface area (Å²) in [7, 11) is 0. The highest BCUT2D eigenvalue weighted by molar-refractivity contribution is 14.0. The van der Waals surface area contributed by atoms with Crippen LogP contribution in [0, 0.1) is 0 Å². The number of hydrogen-bond acceptors (Lipinski definition) is 3.